The second-order valence-electron chi connectivity index (χ2n) is 7.19. The quantitative estimate of drug-likeness (QED) is 0.545. The lowest BCUT2D eigenvalue weighted by molar-refractivity contribution is 0.102. The number of carbonyl (C=O) groups is 1. The number of para-hydroxylation sites is 1. The van der Waals surface area contributed by atoms with Crippen LogP contribution in [-0.2, 0) is 23.3 Å². The molecule has 0 fully saturated rings. The molecule has 0 bridgehead atoms. The van der Waals surface area contributed by atoms with Crippen molar-refractivity contribution in [1.29, 1.82) is 0 Å². The molecule has 1 aromatic carbocycles. The SMILES string of the molecule is CCNS(=O)(=O)N1Cc2nc(NC(=O)c3cnc(C)cc3-c3ccccc3OC)sc2C1. The molecule has 1 amide bonds. The number of thiazole rings is 1. The minimum absolute atomic E-state index is 0.176. The summed E-state index contributed by atoms with van der Waals surface area (Å²) in [7, 11) is -1.94. The van der Waals surface area contributed by atoms with Crippen LogP contribution >= 0.6 is 11.3 Å². The van der Waals surface area contributed by atoms with Gasteiger partial charge in [-0.05, 0) is 19.1 Å². The first kappa shape index (κ1) is 22.3. The van der Waals surface area contributed by atoms with Crippen LogP contribution in [-0.4, -0.2) is 42.3 Å². The van der Waals surface area contributed by atoms with Gasteiger partial charge in [0.05, 0.1) is 31.5 Å². The molecule has 0 unspecified atom stereocenters. The number of methoxy groups -OCH3 is 1. The fourth-order valence-electron chi connectivity index (χ4n) is 3.51. The van der Waals surface area contributed by atoms with Gasteiger partial charge >= 0.3 is 0 Å². The normalized spacial score (nSPS) is 13.7. The van der Waals surface area contributed by atoms with Crippen LogP contribution < -0.4 is 14.8 Å². The Hall–Kier alpha value is -2.86. The van der Waals surface area contributed by atoms with E-state index in [9.17, 15) is 13.2 Å². The van der Waals surface area contributed by atoms with Gasteiger partial charge in [0.15, 0.2) is 5.13 Å². The van der Waals surface area contributed by atoms with Gasteiger partial charge in [-0.25, -0.2) is 9.71 Å². The molecule has 1 aliphatic heterocycles. The van der Waals surface area contributed by atoms with E-state index in [1.165, 1.54) is 15.6 Å². The molecule has 2 N–H and O–H groups in total. The van der Waals surface area contributed by atoms with Crippen molar-refractivity contribution in [3.63, 3.8) is 0 Å². The van der Waals surface area contributed by atoms with Crippen LogP contribution in [0, 0.1) is 6.92 Å². The van der Waals surface area contributed by atoms with Crippen LogP contribution in [0.3, 0.4) is 0 Å². The number of amides is 1. The molecule has 0 aliphatic carbocycles. The number of fused-ring (bicyclic) bond motifs is 1. The van der Waals surface area contributed by atoms with E-state index in [0.29, 0.717) is 34.2 Å². The van der Waals surface area contributed by atoms with Crippen LogP contribution in [0.15, 0.2) is 36.5 Å². The summed E-state index contributed by atoms with van der Waals surface area (Å²) in [6.07, 6.45) is 1.54. The van der Waals surface area contributed by atoms with Crippen molar-refractivity contribution in [2.75, 3.05) is 19.0 Å². The fourth-order valence-corrected chi connectivity index (χ4v) is 5.71. The van der Waals surface area contributed by atoms with Crippen LogP contribution in [0.2, 0.25) is 0 Å². The molecule has 11 heteroatoms. The first-order valence-electron chi connectivity index (χ1n) is 9.97. The molecule has 0 radical (unpaired) electrons. The first-order valence-corrected chi connectivity index (χ1v) is 12.2. The summed E-state index contributed by atoms with van der Waals surface area (Å²) in [6.45, 7) is 4.32. The molecule has 1 aliphatic rings. The summed E-state index contributed by atoms with van der Waals surface area (Å²) in [5.41, 5.74) is 3.32. The molecule has 168 valence electrons. The van der Waals surface area contributed by atoms with Gasteiger partial charge in [-0.1, -0.05) is 36.5 Å². The Morgan fingerprint density at radius 1 is 1.25 bits per heavy atom. The van der Waals surface area contributed by atoms with Gasteiger partial charge < -0.3 is 4.74 Å². The maximum atomic E-state index is 13.1. The number of ether oxygens (including phenoxy) is 1. The fraction of sp³-hybridized carbons (Fsp3) is 0.286. The molecule has 2 aromatic heterocycles. The molecule has 4 rings (SSSR count). The van der Waals surface area contributed by atoms with Crippen molar-refractivity contribution in [2.45, 2.75) is 26.9 Å². The van der Waals surface area contributed by atoms with E-state index in [-0.39, 0.29) is 19.0 Å². The van der Waals surface area contributed by atoms with E-state index >= 15 is 0 Å². The summed E-state index contributed by atoms with van der Waals surface area (Å²) >= 11 is 1.27. The Balaban J connectivity index is 1.57. The maximum Gasteiger partial charge on any atom is 0.280 e. The van der Waals surface area contributed by atoms with E-state index in [4.69, 9.17) is 4.74 Å². The zero-order valence-corrected chi connectivity index (χ0v) is 19.5. The van der Waals surface area contributed by atoms with Crippen molar-refractivity contribution in [1.82, 2.24) is 19.0 Å². The van der Waals surface area contributed by atoms with Crippen LogP contribution in [0.5, 0.6) is 5.75 Å². The summed E-state index contributed by atoms with van der Waals surface area (Å²) in [4.78, 5) is 22.7. The van der Waals surface area contributed by atoms with Gasteiger partial charge in [0.1, 0.15) is 5.75 Å². The van der Waals surface area contributed by atoms with Crippen LogP contribution in [0.4, 0.5) is 5.13 Å². The highest BCUT2D eigenvalue weighted by Crippen LogP contribution is 2.35. The third kappa shape index (κ3) is 4.37. The average Bonchev–Trinajstić information content (AvgIpc) is 3.33. The summed E-state index contributed by atoms with van der Waals surface area (Å²) in [5, 5.41) is 3.26. The highest BCUT2D eigenvalue weighted by atomic mass is 32.2. The van der Waals surface area contributed by atoms with Crippen molar-refractivity contribution < 1.29 is 17.9 Å². The Morgan fingerprint density at radius 2 is 2.03 bits per heavy atom. The Bertz CT molecular complexity index is 1250. The smallest absolute Gasteiger partial charge is 0.280 e. The Kier molecular flexibility index (Phi) is 6.24. The summed E-state index contributed by atoms with van der Waals surface area (Å²) in [6, 6.07) is 9.33. The second-order valence-corrected chi connectivity index (χ2v) is 10.0. The number of nitrogens with one attached hydrogen (secondary N) is 2. The predicted molar refractivity (Wildman–Crippen MR) is 123 cm³/mol. The number of rotatable bonds is 7. The predicted octanol–water partition coefficient (Wildman–Crippen LogP) is 2.94. The van der Waals surface area contributed by atoms with E-state index < -0.39 is 10.2 Å². The average molecular weight is 474 g/mol. The molecule has 3 aromatic rings. The Labute approximate surface area is 190 Å². The minimum atomic E-state index is -3.53. The van der Waals surface area contributed by atoms with E-state index in [1.54, 1.807) is 20.2 Å². The molecule has 0 saturated carbocycles. The lowest BCUT2D eigenvalue weighted by atomic mass is 9.99. The van der Waals surface area contributed by atoms with Gasteiger partial charge in [0.2, 0.25) is 0 Å². The topological polar surface area (TPSA) is 114 Å². The largest absolute Gasteiger partial charge is 0.496 e. The third-order valence-corrected chi connectivity index (χ3v) is 7.58. The van der Waals surface area contributed by atoms with Crippen molar-refractivity contribution >= 4 is 32.6 Å². The zero-order chi connectivity index (χ0) is 22.9. The van der Waals surface area contributed by atoms with Gasteiger partial charge in [-0.15, -0.1) is 0 Å². The number of benzene rings is 1. The number of hydrogen-bond donors (Lipinski definition) is 2. The van der Waals surface area contributed by atoms with Crippen molar-refractivity contribution in [3.8, 4) is 16.9 Å². The maximum absolute atomic E-state index is 13.1. The minimum Gasteiger partial charge on any atom is -0.496 e. The number of anilines is 1. The van der Waals surface area contributed by atoms with Gasteiger partial charge in [0, 0.05) is 34.4 Å². The molecule has 0 atom stereocenters. The molecule has 0 spiro atoms. The number of pyridine rings is 1. The lowest BCUT2D eigenvalue weighted by Crippen LogP contribution is -2.37. The second kappa shape index (κ2) is 8.94. The van der Waals surface area contributed by atoms with Crippen LogP contribution in [0.1, 0.15) is 33.5 Å². The Morgan fingerprint density at radius 3 is 2.75 bits per heavy atom. The number of aryl methyl sites for hydroxylation is 1. The molecule has 32 heavy (non-hydrogen) atoms. The molecular weight excluding hydrogens is 450 g/mol. The van der Waals surface area contributed by atoms with Crippen molar-refractivity contribution in [3.05, 3.63) is 58.4 Å². The number of carbonyl (C=O) groups excluding carboxylic acids is 1. The van der Waals surface area contributed by atoms with Gasteiger partial charge in [-0.2, -0.15) is 12.7 Å². The van der Waals surface area contributed by atoms with E-state index in [1.807, 2.05) is 37.3 Å². The molecular formula is C21H23N5O4S2. The molecule has 3 heterocycles. The first-order chi connectivity index (χ1) is 15.3. The van der Waals surface area contributed by atoms with E-state index in [2.05, 4.69) is 20.0 Å². The molecule has 0 saturated heterocycles. The number of aromatic nitrogens is 2. The monoisotopic (exact) mass is 473 g/mol. The highest BCUT2D eigenvalue weighted by molar-refractivity contribution is 7.87. The van der Waals surface area contributed by atoms with Crippen molar-refractivity contribution in [2.24, 2.45) is 0 Å². The van der Waals surface area contributed by atoms with E-state index in [0.717, 1.165) is 16.1 Å². The number of hydrogen-bond acceptors (Lipinski definition) is 7. The lowest BCUT2D eigenvalue weighted by Gasteiger charge is -2.15. The third-order valence-electron chi connectivity index (χ3n) is 4.99. The summed E-state index contributed by atoms with van der Waals surface area (Å²) < 4.78 is 33.7. The highest BCUT2D eigenvalue weighted by Gasteiger charge is 2.32. The zero-order valence-electron chi connectivity index (χ0n) is 17.9. The molecule has 9 nitrogen and oxygen atoms in total. The van der Waals surface area contributed by atoms with Gasteiger partial charge in [-0.3, -0.25) is 15.1 Å². The summed E-state index contributed by atoms with van der Waals surface area (Å²) in [5.74, 6) is 0.310. The standard InChI is InChI=1S/C21H23N5O4S2/c1-4-23-32(28,29)26-11-17-19(12-26)31-21(24-17)25-20(27)16-10-22-13(2)9-15(16)14-7-5-6-8-18(14)30-3/h5-10,23H,4,11-12H2,1-3H3,(H,24,25,27). The number of nitrogens with zero attached hydrogens (tertiary/aromatic N) is 3. The van der Waals surface area contributed by atoms with Crippen LogP contribution in [0.25, 0.3) is 11.1 Å². The van der Waals surface area contributed by atoms with Gasteiger partial charge in [0.25, 0.3) is 16.1 Å².